The zero-order valence-corrected chi connectivity index (χ0v) is 20.4. The van der Waals surface area contributed by atoms with Crippen molar-refractivity contribution in [3.05, 3.63) is 31.4 Å². The molecule has 194 valence electrons. The molecule has 2 unspecified atom stereocenters. The Bertz CT molecular complexity index is 965. The minimum absolute atomic E-state index is 0.145. The van der Waals surface area contributed by atoms with Gasteiger partial charge in [-0.1, -0.05) is 12.2 Å². The molecular formula is C24H33N7O5. The third-order valence-corrected chi connectivity index (χ3v) is 6.45. The molecule has 0 saturated carbocycles. The molecule has 1 aromatic rings. The van der Waals surface area contributed by atoms with Gasteiger partial charge in [0.25, 0.3) is 0 Å². The lowest BCUT2D eigenvalue weighted by Crippen LogP contribution is -2.54. The second-order valence-corrected chi connectivity index (χ2v) is 8.80. The smallest absolute Gasteiger partial charge is 0.412 e. The molecule has 0 spiro atoms. The first-order valence-corrected chi connectivity index (χ1v) is 12.2. The maximum absolute atomic E-state index is 12.6. The summed E-state index contributed by atoms with van der Waals surface area (Å²) in [6, 6.07) is 1.61. The SMILES string of the molecule is C=CCNc1cc(N2CCN(C(=O)OCOC3C(=O)CC(=O)N4CCCC34)CC2)nc(NCC=C)n1. The number of rotatable bonds is 10. The van der Waals surface area contributed by atoms with Crippen LogP contribution in [0.3, 0.4) is 0 Å². The Morgan fingerprint density at radius 2 is 1.83 bits per heavy atom. The minimum atomic E-state index is -0.736. The van der Waals surface area contributed by atoms with Crippen molar-refractivity contribution in [2.45, 2.75) is 31.4 Å². The Kier molecular flexibility index (Phi) is 8.36. The zero-order chi connectivity index (χ0) is 25.5. The number of carbonyl (C=O) groups is 3. The first kappa shape index (κ1) is 25.4. The van der Waals surface area contributed by atoms with E-state index in [1.165, 1.54) is 0 Å². The number of anilines is 3. The highest BCUT2D eigenvalue weighted by atomic mass is 16.7. The summed E-state index contributed by atoms with van der Waals surface area (Å²) in [5, 5.41) is 6.29. The van der Waals surface area contributed by atoms with Gasteiger partial charge in [-0.05, 0) is 12.8 Å². The van der Waals surface area contributed by atoms with Crippen LogP contribution in [0.5, 0.6) is 0 Å². The third kappa shape index (κ3) is 5.93. The predicted octanol–water partition coefficient (Wildman–Crippen LogP) is 1.24. The van der Waals surface area contributed by atoms with Crippen LogP contribution in [0.15, 0.2) is 31.4 Å². The zero-order valence-electron chi connectivity index (χ0n) is 20.4. The van der Waals surface area contributed by atoms with Crippen molar-refractivity contribution in [3.63, 3.8) is 0 Å². The fraction of sp³-hybridized carbons (Fsp3) is 0.542. The Labute approximate surface area is 210 Å². The molecular weight excluding hydrogens is 466 g/mol. The van der Waals surface area contributed by atoms with Gasteiger partial charge in [0.1, 0.15) is 17.7 Å². The van der Waals surface area contributed by atoms with Gasteiger partial charge >= 0.3 is 6.09 Å². The van der Waals surface area contributed by atoms with Gasteiger partial charge in [-0.25, -0.2) is 4.79 Å². The van der Waals surface area contributed by atoms with Crippen molar-refractivity contribution in [1.82, 2.24) is 19.8 Å². The van der Waals surface area contributed by atoms with Gasteiger partial charge in [0.2, 0.25) is 11.9 Å². The van der Waals surface area contributed by atoms with E-state index >= 15 is 0 Å². The summed E-state index contributed by atoms with van der Waals surface area (Å²) in [6.45, 7) is 10.9. The molecule has 1 aromatic heterocycles. The number of ether oxygens (including phenoxy) is 2. The molecule has 12 heteroatoms. The molecule has 0 aliphatic carbocycles. The molecule has 2 atom stereocenters. The normalized spacial score (nSPS) is 21.7. The lowest BCUT2D eigenvalue weighted by Gasteiger charge is -2.36. The van der Waals surface area contributed by atoms with E-state index < -0.39 is 12.2 Å². The number of amides is 2. The highest BCUT2D eigenvalue weighted by Crippen LogP contribution is 2.28. The van der Waals surface area contributed by atoms with Crippen LogP contribution >= 0.6 is 0 Å². The molecule has 4 rings (SSSR count). The van der Waals surface area contributed by atoms with Crippen LogP contribution in [0.2, 0.25) is 0 Å². The van der Waals surface area contributed by atoms with Gasteiger partial charge < -0.3 is 34.8 Å². The molecule has 36 heavy (non-hydrogen) atoms. The number of aromatic nitrogens is 2. The van der Waals surface area contributed by atoms with Crippen LogP contribution in [-0.2, 0) is 19.1 Å². The standard InChI is InChI=1S/C24H33N7O5/c1-3-7-25-19-15-20(28-23(27-19)26-8-4-2)29-10-12-30(13-11-29)24(34)36-16-35-22-17-6-5-9-31(17)21(33)14-18(22)32/h3-4,15,17,22H,1-2,5-14,16H2,(H2,25,26,27,28). The number of carbonyl (C=O) groups excluding carboxylic acids is 3. The van der Waals surface area contributed by atoms with Gasteiger partial charge in [0.05, 0.1) is 12.5 Å². The second kappa shape index (κ2) is 11.8. The van der Waals surface area contributed by atoms with Crippen LogP contribution in [0.25, 0.3) is 0 Å². The van der Waals surface area contributed by atoms with Gasteiger partial charge in [-0.3, -0.25) is 9.59 Å². The van der Waals surface area contributed by atoms with Gasteiger partial charge in [0.15, 0.2) is 12.6 Å². The average Bonchev–Trinajstić information content (AvgIpc) is 3.38. The van der Waals surface area contributed by atoms with Crippen molar-refractivity contribution in [1.29, 1.82) is 0 Å². The monoisotopic (exact) mass is 499 g/mol. The van der Waals surface area contributed by atoms with Gasteiger partial charge in [-0.15, -0.1) is 13.2 Å². The minimum Gasteiger partial charge on any atom is -0.422 e. The number of Topliss-reactive ketones (excluding diaryl/α,β-unsaturated/α-hetero) is 1. The fourth-order valence-corrected chi connectivity index (χ4v) is 4.66. The molecule has 12 nitrogen and oxygen atoms in total. The van der Waals surface area contributed by atoms with Crippen LogP contribution in [0, 0.1) is 0 Å². The number of nitrogens with one attached hydrogen (secondary N) is 2. The fourth-order valence-electron chi connectivity index (χ4n) is 4.66. The quantitative estimate of drug-likeness (QED) is 0.276. The van der Waals surface area contributed by atoms with Crippen molar-refractivity contribution in [2.75, 3.05) is 68.1 Å². The molecule has 2 N–H and O–H groups in total. The maximum atomic E-state index is 12.6. The Morgan fingerprint density at radius 3 is 2.58 bits per heavy atom. The van der Waals surface area contributed by atoms with E-state index in [1.807, 2.05) is 6.07 Å². The number of fused-ring (bicyclic) bond motifs is 1. The molecule has 0 radical (unpaired) electrons. The Morgan fingerprint density at radius 1 is 1.08 bits per heavy atom. The van der Waals surface area contributed by atoms with Crippen molar-refractivity contribution < 1.29 is 23.9 Å². The summed E-state index contributed by atoms with van der Waals surface area (Å²) in [4.78, 5) is 51.3. The largest absolute Gasteiger partial charge is 0.422 e. The Hall–Kier alpha value is -3.67. The molecule has 0 bridgehead atoms. The van der Waals surface area contributed by atoms with Crippen LogP contribution < -0.4 is 15.5 Å². The number of hydrogen-bond donors (Lipinski definition) is 2. The van der Waals surface area contributed by atoms with E-state index in [4.69, 9.17) is 9.47 Å². The number of piperidine rings is 1. The summed E-state index contributed by atoms with van der Waals surface area (Å²) in [6.07, 6.45) is 3.65. The highest BCUT2D eigenvalue weighted by Gasteiger charge is 2.44. The van der Waals surface area contributed by atoms with E-state index in [0.717, 1.165) is 18.7 Å². The highest BCUT2D eigenvalue weighted by molar-refractivity contribution is 6.03. The Balaban J connectivity index is 1.27. The topological polar surface area (TPSA) is 129 Å². The van der Waals surface area contributed by atoms with Crippen molar-refractivity contribution in [3.8, 4) is 0 Å². The third-order valence-electron chi connectivity index (χ3n) is 6.45. The van der Waals surface area contributed by atoms with Crippen molar-refractivity contribution in [2.24, 2.45) is 0 Å². The van der Waals surface area contributed by atoms with E-state index in [2.05, 4.69) is 38.7 Å². The maximum Gasteiger partial charge on any atom is 0.412 e. The molecule has 4 heterocycles. The first-order chi connectivity index (χ1) is 17.5. The van der Waals surface area contributed by atoms with E-state index in [9.17, 15) is 14.4 Å². The lowest BCUT2D eigenvalue weighted by atomic mass is 9.97. The molecule has 3 fully saturated rings. The number of nitrogens with zero attached hydrogens (tertiary/aromatic N) is 5. The average molecular weight is 500 g/mol. The van der Waals surface area contributed by atoms with E-state index in [-0.39, 0.29) is 30.9 Å². The summed E-state index contributed by atoms with van der Waals surface area (Å²) >= 11 is 0. The van der Waals surface area contributed by atoms with Crippen LogP contribution in [0.1, 0.15) is 19.3 Å². The molecule has 0 aromatic carbocycles. The number of hydrogen-bond acceptors (Lipinski definition) is 10. The van der Waals surface area contributed by atoms with E-state index in [0.29, 0.717) is 57.6 Å². The number of piperazine rings is 1. The van der Waals surface area contributed by atoms with Gasteiger partial charge in [0, 0.05) is 51.9 Å². The van der Waals surface area contributed by atoms with Crippen molar-refractivity contribution >= 4 is 35.4 Å². The first-order valence-electron chi connectivity index (χ1n) is 12.2. The molecule has 3 aliphatic rings. The summed E-state index contributed by atoms with van der Waals surface area (Å²) in [5.74, 6) is 1.50. The summed E-state index contributed by atoms with van der Waals surface area (Å²) < 4.78 is 10.9. The summed E-state index contributed by atoms with van der Waals surface area (Å²) in [7, 11) is 0. The lowest BCUT2D eigenvalue weighted by molar-refractivity contribution is -0.160. The summed E-state index contributed by atoms with van der Waals surface area (Å²) in [5.41, 5.74) is 0. The molecule has 3 aliphatic heterocycles. The van der Waals surface area contributed by atoms with E-state index in [1.54, 1.807) is 22.0 Å². The predicted molar refractivity (Wildman–Crippen MR) is 134 cm³/mol. The molecule has 2 amide bonds. The second-order valence-electron chi connectivity index (χ2n) is 8.80. The van der Waals surface area contributed by atoms with Crippen LogP contribution in [0.4, 0.5) is 22.4 Å². The van der Waals surface area contributed by atoms with Gasteiger partial charge in [-0.2, -0.15) is 9.97 Å². The molecule has 3 saturated heterocycles. The van der Waals surface area contributed by atoms with Crippen LogP contribution in [-0.4, -0.2) is 102 Å². The number of ketones is 1.